The Morgan fingerprint density at radius 2 is 1.77 bits per heavy atom. The summed E-state index contributed by atoms with van der Waals surface area (Å²) in [7, 11) is 0. The quantitative estimate of drug-likeness (QED) is 0.479. The predicted molar refractivity (Wildman–Crippen MR) is 98.4 cm³/mol. The number of hydrogen-bond acceptors (Lipinski definition) is 4. The van der Waals surface area contributed by atoms with Gasteiger partial charge in [-0.3, -0.25) is 14.4 Å². The highest BCUT2D eigenvalue weighted by atomic mass is 79.9. The second kappa shape index (κ2) is 7.49. The summed E-state index contributed by atoms with van der Waals surface area (Å²) < 4.78 is 6.31. The van der Waals surface area contributed by atoms with Crippen molar-refractivity contribution in [2.75, 3.05) is 0 Å². The molecule has 0 aliphatic carbocycles. The van der Waals surface area contributed by atoms with Crippen molar-refractivity contribution < 1.29 is 23.9 Å². The molecular weight excluding hydrogens is 400 g/mol. The molecule has 0 atom stereocenters. The van der Waals surface area contributed by atoms with Crippen LogP contribution in [0.1, 0.15) is 32.0 Å². The number of rotatable bonds is 6. The van der Waals surface area contributed by atoms with Gasteiger partial charge in [0, 0.05) is 21.2 Å². The zero-order valence-electron chi connectivity index (χ0n) is 13.4. The molecule has 2 aromatic carbocycles. The van der Waals surface area contributed by atoms with Crippen LogP contribution in [0, 0.1) is 0 Å². The Morgan fingerprint density at radius 3 is 2.38 bits per heavy atom. The maximum atomic E-state index is 13.0. The predicted octanol–water partition coefficient (Wildman–Crippen LogP) is 4.38. The minimum Gasteiger partial charge on any atom is -0.481 e. The Bertz CT molecular complexity index is 986. The first-order valence-electron chi connectivity index (χ1n) is 7.69. The maximum absolute atomic E-state index is 13.0. The summed E-state index contributed by atoms with van der Waals surface area (Å²) in [6.45, 7) is 0. The minimum atomic E-state index is -1.03. The van der Waals surface area contributed by atoms with E-state index in [9.17, 15) is 19.5 Å². The zero-order chi connectivity index (χ0) is 18.7. The van der Waals surface area contributed by atoms with Crippen molar-refractivity contribution in [3.8, 4) is 11.3 Å². The molecule has 5 nitrogen and oxygen atoms in total. The Kier molecular flexibility index (Phi) is 5.14. The molecule has 0 radical (unpaired) electrons. The molecule has 0 saturated carbocycles. The van der Waals surface area contributed by atoms with Crippen LogP contribution < -0.4 is 0 Å². The molecule has 0 fully saturated rings. The van der Waals surface area contributed by atoms with Gasteiger partial charge in [0.2, 0.25) is 0 Å². The average Bonchev–Trinajstić information content (AvgIpc) is 3.10. The lowest BCUT2D eigenvalue weighted by molar-refractivity contribution is -0.136. The highest BCUT2D eigenvalue weighted by Crippen LogP contribution is 2.31. The molecular formula is C20H13BrO5. The fraction of sp³-hybridized carbons (Fsp3) is 0.0500. The first-order chi connectivity index (χ1) is 12.5. The van der Waals surface area contributed by atoms with Crippen LogP contribution in [0.2, 0.25) is 0 Å². The van der Waals surface area contributed by atoms with E-state index in [-0.39, 0.29) is 23.7 Å². The van der Waals surface area contributed by atoms with E-state index in [1.54, 1.807) is 48.5 Å². The Morgan fingerprint density at radius 1 is 1.04 bits per heavy atom. The van der Waals surface area contributed by atoms with Crippen LogP contribution in [-0.4, -0.2) is 23.1 Å². The monoisotopic (exact) mass is 412 g/mol. The molecule has 3 rings (SSSR count). The van der Waals surface area contributed by atoms with Crippen LogP contribution in [0.15, 0.2) is 63.5 Å². The fourth-order valence-corrected chi connectivity index (χ4v) is 2.96. The third-order valence-electron chi connectivity index (χ3n) is 3.83. The van der Waals surface area contributed by atoms with Gasteiger partial charge >= 0.3 is 5.97 Å². The topological polar surface area (TPSA) is 84.6 Å². The molecule has 0 saturated heterocycles. The summed E-state index contributed by atoms with van der Waals surface area (Å²) in [5.41, 5.74) is 1.60. The van der Waals surface area contributed by atoms with Crippen LogP contribution in [-0.2, 0) is 11.2 Å². The van der Waals surface area contributed by atoms with Gasteiger partial charge < -0.3 is 9.52 Å². The maximum Gasteiger partial charge on any atom is 0.307 e. The van der Waals surface area contributed by atoms with E-state index >= 15 is 0 Å². The molecule has 3 aromatic rings. The number of carboxylic acids is 1. The number of benzene rings is 2. The number of furan rings is 1. The Labute approximate surface area is 157 Å². The van der Waals surface area contributed by atoms with Gasteiger partial charge in [-0.25, -0.2) is 0 Å². The summed E-state index contributed by atoms with van der Waals surface area (Å²) >= 11 is 3.33. The molecule has 1 aromatic heterocycles. The second-order valence-electron chi connectivity index (χ2n) is 5.57. The first-order valence-corrected chi connectivity index (χ1v) is 8.48. The van der Waals surface area contributed by atoms with Gasteiger partial charge in [0.25, 0.3) is 0 Å². The lowest BCUT2D eigenvalue weighted by atomic mass is 9.92. The van der Waals surface area contributed by atoms with E-state index in [2.05, 4.69) is 15.9 Å². The average molecular weight is 413 g/mol. The van der Waals surface area contributed by atoms with Crippen molar-refractivity contribution in [3.63, 3.8) is 0 Å². The van der Waals surface area contributed by atoms with Crippen LogP contribution >= 0.6 is 15.9 Å². The van der Waals surface area contributed by atoms with Gasteiger partial charge in [0.05, 0.1) is 6.42 Å². The smallest absolute Gasteiger partial charge is 0.307 e. The van der Waals surface area contributed by atoms with Gasteiger partial charge in [0.15, 0.2) is 17.8 Å². The minimum absolute atomic E-state index is 0.104. The molecule has 6 heteroatoms. The molecule has 0 unspecified atom stereocenters. The zero-order valence-corrected chi connectivity index (χ0v) is 15.0. The van der Waals surface area contributed by atoms with Gasteiger partial charge in [-0.1, -0.05) is 34.1 Å². The summed E-state index contributed by atoms with van der Waals surface area (Å²) in [5, 5.41) is 9.19. The Hall–Kier alpha value is -2.99. The van der Waals surface area contributed by atoms with Gasteiger partial charge in [-0.2, -0.15) is 0 Å². The third-order valence-corrected chi connectivity index (χ3v) is 4.36. The molecule has 0 aliphatic heterocycles. The standard InChI is InChI=1S/C20H13BrO5/c21-14-6-4-12(5-7-14)20(25)16-3-1-2-13(10-18(23)24)19(16)17-9-8-15(11-22)26-17/h1-9,11H,10H2,(H,23,24). The highest BCUT2D eigenvalue weighted by Gasteiger charge is 2.21. The summed E-state index contributed by atoms with van der Waals surface area (Å²) in [6, 6.07) is 14.8. The van der Waals surface area contributed by atoms with Crippen molar-refractivity contribution in [2.45, 2.75) is 6.42 Å². The lowest BCUT2D eigenvalue weighted by Crippen LogP contribution is -2.08. The first kappa shape index (κ1) is 17.8. The molecule has 0 bridgehead atoms. The van der Waals surface area contributed by atoms with Gasteiger partial charge in [-0.05, 0) is 42.0 Å². The largest absolute Gasteiger partial charge is 0.481 e. The number of carbonyl (C=O) groups is 3. The summed E-state index contributed by atoms with van der Waals surface area (Å²) in [6.07, 6.45) is 0.285. The number of halogens is 1. The fourth-order valence-electron chi connectivity index (χ4n) is 2.70. The number of carbonyl (C=O) groups excluding carboxylic acids is 2. The number of carboxylic acid groups (broad SMARTS) is 1. The van der Waals surface area contributed by atoms with Crippen LogP contribution in [0.4, 0.5) is 0 Å². The van der Waals surface area contributed by atoms with Gasteiger partial charge in [0.1, 0.15) is 5.76 Å². The second-order valence-corrected chi connectivity index (χ2v) is 6.48. The van der Waals surface area contributed by atoms with Crippen molar-refractivity contribution in [1.29, 1.82) is 0 Å². The van der Waals surface area contributed by atoms with Crippen LogP contribution in [0.5, 0.6) is 0 Å². The highest BCUT2D eigenvalue weighted by molar-refractivity contribution is 9.10. The normalized spacial score (nSPS) is 10.5. The van der Waals surface area contributed by atoms with Gasteiger partial charge in [-0.15, -0.1) is 0 Å². The molecule has 0 spiro atoms. The van der Waals surface area contributed by atoms with E-state index in [0.29, 0.717) is 28.5 Å². The van der Waals surface area contributed by atoms with E-state index in [1.807, 2.05) is 0 Å². The molecule has 0 aliphatic rings. The van der Waals surface area contributed by atoms with E-state index in [4.69, 9.17) is 4.42 Å². The summed E-state index contributed by atoms with van der Waals surface area (Å²) in [4.78, 5) is 35.1. The third kappa shape index (κ3) is 3.65. The van der Waals surface area contributed by atoms with Crippen molar-refractivity contribution in [2.24, 2.45) is 0 Å². The SMILES string of the molecule is O=Cc1ccc(-c2c(CC(=O)O)cccc2C(=O)c2ccc(Br)cc2)o1. The van der Waals surface area contributed by atoms with Crippen molar-refractivity contribution in [3.05, 3.63) is 81.5 Å². The molecule has 26 heavy (non-hydrogen) atoms. The summed E-state index contributed by atoms with van der Waals surface area (Å²) in [5.74, 6) is -0.901. The molecule has 1 N–H and O–H groups in total. The molecule has 0 amide bonds. The van der Waals surface area contributed by atoms with Crippen molar-refractivity contribution >= 4 is 34.0 Å². The van der Waals surface area contributed by atoms with Crippen LogP contribution in [0.25, 0.3) is 11.3 Å². The lowest BCUT2D eigenvalue weighted by Gasteiger charge is -2.12. The van der Waals surface area contributed by atoms with E-state index in [0.717, 1.165) is 4.47 Å². The number of aliphatic carboxylic acids is 1. The number of ketones is 1. The van der Waals surface area contributed by atoms with E-state index in [1.165, 1.54) is 6.07 Å². The number of aldehydes is 1. The van der Waals surface area contributed by atoms with Crippen LogP contribution in [0.3, 0.4) is 0 Å². The van der Waals surface area contributed by atoms with E-state index < -0.39 is 5.97 Å². The molecule has 130 valence electrons. The number of hydrogen-bond donors (Lipinski definition) is 1. The Balaban J connectivity index is 2.17. The van der Waals surface area contributed by atoms with Crippen molar-refractivity contribution in [1.82, 2.24) is 0 Å². The molecule has 1 heterocycles.